The zero-order valence-electron chi connectivity index (χ0n) is 5.93. The molecule has 2 nitrogen and oxygen atoms in total. The minimum absolute atomic E-state index is 0.653. The van der Waals surface area contributed by atoms with Crippen LogP contribution in [0.25, 0.3) is 0 Å². The summed E-state index contributed by atoms with van der Waals surface area (Å²) in [6.07, 6.45) is 7.47. The molecule has 0 unspecified atom stereocenters. The molecule has 2 heteroatoms. The van der Waals surface area contributed by atoms with Crippen molar-refractivity contribution in [1.82, 2.24) is 5.48 Å². The fraction of sp³-hybridized carbons (Fsp3) is 0.714. The van der Waals surface area contributed by atoms with Crippen molar-refractivity contribution < 1.29 is 5.21 Å². The number of hydroxylamine groups is 1. The van der Waals surface area contributed by atoms with E-state index in [9.17, 15) is 0 Å². The molecular formula is C7H15NO. The summed E-state index contributed by atoms with van der Waals surface area (Å²) in [5, 5.41) is 8.14. The maximum atomic E-state index is 8.14. The summed E-state index contributed by atoms with van der Waals surface area (Å²) in [4.78, 5) is 0. The van der Waals surface area contributed by atoms with Crippen molar-refractivity contribution in [2.75, 3.05) is 6.54 Å². The molecule has 0 saturated carbocycles. The maximum Gasteiger partial charge on any atom is 0.0242 e. The second kappa shape index (κ2) is 7.66. The molecule has 0 rings (SSSR count). The number of allylic oxidation sites excluding steroid dienone is 1. The molecule has 0 amide bonds. The third-order valence-corrected chi connectivity index (χ3v) is 1.04. The second-order valence-corrected chi connectivity index (χ2v) is 1.96. The van der Waals surface area contributed by atoms with E-state index in [4.69, 9.17) is 5.21 Å². The average molecular weight is 129 g/mol. The van der Waals surface area contributed by atoms with Crippen LogP contribution >= 0.6 is 0 Å². The molecule has 0 heterocycles. The molecule has 0 aromatic rings. The Kier molecular flexibility index (Phi) is 7.37. The molecule has 0 spiro atoms. The lowest BCUT2D eigenvalue weighted by Crippen LogP contribution is -2.06. The summed E-state index contributed by atoms with van der Waals surface area (Å²) in [5.74, 6) is 0. The van der Waals surface area contributed by atoms with Crippen molar-refractivity contribution in [1.29, 1.82) is 0 Å². The van der Waals surface area contributed by atoms with Crippen LogP contribution in [0.2, 0.25) is 0 Å². The Morgan fingerprint density at radius 1 is 1.33 bits per heavy atom. The van der Waals surface area contributed by atoms with Crippen molar-refractivity contribution in [2.24, 2.45) is 0 Å². The summed E-state index contributed by atoms with van der Waals surface area (Å²) in [6.45, 7) is 2.80. The molecule has 9 heavy (non-hydrogen) atoms. The lowest BCUT2D eigenvalue weighted by Gasteiger charge is -1.89. The van der Waals surface area contributed by atoms with Gasteiger partial charge in [-0.25, -0.2) is 5.48 Å². The summed E-state index contributed by atoms with van der Waals surface area (Å²) >= 11 is 0. The predicted molar refractivity (Wildman–Crippen MR) is 38.5 cm³/mol. The van der Waals surface area contributed by atoms with Gasteiger partial charge in [-0.3, -0.25) is 0 Å². The van der Waals surface area contributed by atoms with Crippen LogP contribution < -0.4 is 5.48 Å². The second-order valence-electron chi connectivity index (χ2n) is 1.96. The number of hydrogen-bond acceptors (Lipinski definition) is 2. The Morgan fingerprint density at radius 3 is 2.56 bits per heavy atom. The quantitative estimate of drug-likeness (QED) is 0.336. The monoisotopic (exact) mass is 129 g/mol. The summed E-state index contributed by atoms with van der Waals surface area (Å²) in [6, 6.07) is 0. The molecule has 0 bridgehead atoms. The Hall–Kier alpha value is -0.340. The van der Waals surface area contributed by atoms with Gasteiger partial charge in [0.1, 0.15) is 0 Å². The molecule has 54 valence electrons. The standard InChI is InChI=1S/C7H15NO/c1-2-3-4-5-6-7-8-9/h4-5,8-9H,2-3,6-7H2,1H3. The first kappa shape index (κ1) is 8.66. The Balaban J connectivity index is 2.86. The van der Waals surface area contributed by atoms with Crippen molar-refractivity contribution >= 4 is 0 Å². The topological polar surface area (TPSA) is 32.3 Å². The highest BCUT2D eigenvalue weighted by molar-refractivity contribution is 4.80. The van der Waals surface area contributed by atoms with Gasteiger partial charge < -0.3 is 5.21 Å². The average Bonchev–Trinajstić information content (AvgIpc) is 1.89. The van der Waals surface area contributed by atoms with E-state index in [2.05, 4.69) is 24.6 Å². The molecule has 0 atom stereocenters. The normalized spacial score (nSPS) is 10.9. The maximum absolute atomic E-state index is 8.14. The Bertz CT molecular complexity index is 71.3. The minimum atomic E-state index is 0.653. The van der Waals surface area contributed by atoms with E-state index in [-0.39, 0.29) is 0 Å². The lowest BCUT2D eigenvalue weighted by molar-refractivity contribution is 0.169. The molecule has 0 aliphatic rings. The zero-order valence-corrected chi connectivity index (χ0v) is 5.93. The zero-order chi connectivity index (χ0) is 6.95. The highest BCUT2D eigenvalue weighted by Gasteiger charge is 1.75. The molecule has 0 radical (unpaired) electrons. The van der Waals surface area contributed by atoms with E-state index < -0.39 is 0 Å². The van der Waals surface area contributed by atoms with Crippen LogP contribution in [0, 0.1) is 0 Å². The summed E-state index contributed by atoms with van der Waals surface area (Å²) < 4.78 is 0. The predicted octanol–water partition coefficient (Wildman–Crippen LogP) is 1.71. The van der Waals surface area contributed by atoms with Gasteiger partial charge in [0.15, 0.2) is 0 Å². The van der Waals surface area contributed by atoms with Crippen LogP contribution in [-0.4, -0.2) is 11.8 Å². The van der Waals surface area contributed by atoms with Crippen molar-refractivity contribution in [3.8, 4) is 0 Å². The van der Waals surface area contributed by atoms with Crippen molar-refractivity contribution in [3.63, 3.8) is 0 Å². The number of hydrogen-bond donors (Lipinski definition) is 2. The fourth-order valence-corrected chi connectivity index (χ4v) is 0.550. The summed E-state index contributed by atoms with van der Waals surface area (Å²) in [7, 11) is 0. The van der Waals surface area contributed by atoms with Gasteiger partial charge in [-0.05, 0) is 12.8 Å². The Labute approximate surface area is 56.5 Å². The van der Waals surface area contributed by atoms with E-state index in [0.29, 0.717) is 6.54 Å². The van der Waals surface area contributed by atoms with Crippen LogP contribution in [0.5, 0.6) is 0 Å². The summed E-state index contributed by atoms with van der Waals surface area (Å²) in [5.41, 5.74) is 2.09. The van der Waals surface area contributed by atoms with Crippen LogP contribution in [0.1, 0.15) is 26.2 Å². The molecule has 0 aromatic carbocycles. The van der Waals surface area contributed by atoms with Gasteiger partial charge in [-0.2, -0.15) is 0 Å². The van der Waals surface area contributed by atoms with Gasteiger partial charge in [0, 0.05) is 6.54 Å². The van der Waals surface area contributed by atoms with Gasteiger partial charge in [0.05, 0.1) is 0 Å². The fourth-order valence-electron chi connectivity index (χ4n) is 0.550. The molecule has 0 aromatic heterocycles. The molecule has 2 N–H and O–H groups in total. The van der Waals surface area contributed by atoms with Gasteiger partial charge in [-0.15, -0.1) is 0 Å². The number of nitrogens with one attached hydrogen (secondary N) is 1. The third-order valence-electron chi connectivity index (χ3n) is 1.04. The van der Waals surface area contributed by atoms with E-state index in [1.165, 1.54) is 6.42 Å². The van der Waals surface area contributed by atoms with Crippen LogP contribution in [0.4, 0.5) is 0 Å². The first-order valence-electron chi connectivity index (χ1n) is 3.43. The van der Waals surface area contributed by atoms with Crippen LogP contribution in [-0.2, 0) is 0 Å². The minimum Gasteiger partial charge on any atom is -0.317 e. The van der Waals surface area contributed by atoms with Crippen LogP contribution in [0.15, 0.2) is 12.2 Å². The highest BCUT2D eigenvalue weighted by atomic mass is 16.5. The SMILES string of the molecule is CCCC=CCCNO. The smallest absolute Gasteiger partial charge is 0.0242 e. The number of rotatable bonds is 5. The first-order chi connectivity index (χ1) is 4.41. The largest absolute Gasteiger partial charge is 0.317 e. The van der Waals surface area contributed by atoms with Crippen molar-refractivity contribution in [3.05, 3.63) is 12.2 Å². The molecule has 0 saturated heterocycles. The highest BCUT2D eigenvalue weighted by Crippen LogP contribution is 1.89. The third kappa shape index (κ3) is 7.66. The van der Waals surface area contributed by atoms with E-state index in [1.54, 1.807) is 0 Å². The molecule has 0 aliphatic heterocycles. The van der Waals surface area contributed by atoms with Gasteiger partial charge in [-0.1, -0.05) is 25.5 Å². The number of unbranched alkanes of at least 4 members (excludes halogenated alkanes) is 1. The van der Waals surface area contributed by atoms with Crippen LogP contribution in [0.3, 0.4) is 0 Å². The van der Waals surface area contributed by atoms with Gasteiger partial charge in [0.2, 0.25) is 0 Å². The molecular weight excluding hydrogens is 114 g/mol. The van der Waals surface area contributed by atoms with E-state index >= 15 is 0 Å². The molecule has 0 fully saturated rings. The Morgan fingerprint density at radius 2 is 2.00 bits per heavy atom. The van der Waals surface area contributed by atoms with Gasteiger partial charge >= 0.3 is 0 Å². The van der Waals surface area contributed by atoms with E-state index in [1.807, 2.05) is 0 Å². The van der Waals surface area contributed by atoms with E-state index in [0.717, 1.165) is 12.8 Å². The lowest BCUT2D eigenvalue weighted by atomic mass is 10.3. The first-order valence-corrected chi connectivity index (χ1v) is 3.43. The van der Waals surface area contributed by atoms with Gasteiger partial charge in [0.25, 0.3) is 0 Å². The van der Waals surface area contributed by atoms with Crippen molar-refractivity contribution in [2.45, 2.75) is 26.2 Å². The molecule has 0 aliphatic carbocycles.